The van der Waals surface area contributed by atoms with Crippen molar-refractivity contribution in [1.82, 2.24) is 19.4 Å². The van der Waals surface area contributed by atoms with E-state index in [9.17, 15) is 5.11 Å². The lowest BCUT2D eigenvalue weighted by Gasteiger charge is -2.18. The smallest absolute Gasteiger partial charge is 0.0845 e. The van der Waals surface area contributed by atoms with Crippen LogP contribution < -0.4 is 5.32 Å². The Labute approximate surface area is 181 Å². The first kappa shape index (κ1) is 18.9. The normalized spacial score (nSPS) is 15.1. The summed E-state index contributed by atoms with van der Waals surface area (Å²) in [5.74, 6) is 0. The molecule has 3 aromatic carbocycles. The standard InChI is InChI=1S/C26H28N4O/c1-28(2)14-16(31)15-30-22-11-7-5-9-18(22)24-20-13-27-12-19(20)23-17-8-4-6-10-21(17)29(3)25(23)26(24)30/h4-11,16,27,31H,12-15H2,1-3H3. The van der Waals surface area contributed by atoms with Crippen molar-refractivity contribution in [2.75, 3.05) is 20.6 Å². The van der Waals surface area contributed by atoms with E-state index in [2.05, 4.69) is 70.0 Å². The van der Waals surface area contributed by atoms with Gasteiger partial charge in [0, 0.05) is 59.3 Å². The average Bonchev–Trinajstić information content (AvgIpc) is 3.42. The second-order valence-corrected chi connectivity index (χ2v) is 9.13. The second-order valence-electron chi connectivity index (χ2n) is 9.13. The fraction of sp³-hybridized carbons (Fsp3) is 0.308. The van der Waals surface area contributed by atoms with Gasteiger partial charge in [-0.3, -0.25) is 0 Å². The third kappa shape index (κ3) is 2.61. The van der Waals surface area contributed by atoms with Gasteiger partial charge in [0.2, 0.25) is 0 Å². The van der Waals surface area contributed by atoms with Crippen LogP contribution in [0.5, 0.6) is 0 Å². The van der Waals surface area contributed by atoms with Crippen molar-refractivity contribution in [2.24, 2.45) is 7.05 Å². The number of aliphatic hydroxyl groups excluding tert-OH is 1. The monoisotopic (exact) mass is 412 g/mol. The molecule has 0 saturated heterocycles. The molecule has 31 heavy (non-hydrogen) atoms. The zero-order chi connectivity index (χ0) is 21.3. The van der Waals surface area contributed by atoms with Crippen molar-refractivity contribution in [3.8, 4) is 0 Å². The fourth-order valence-electron chi connectivity index (χ4n) is 5.72. The number of aliphatic hydroxyl groups is 1. The first-order valence-electron chi connectivity index (χ1n) is 11.0. The Morgan fingerprint density at radius 3 is 2.16 bits per heavy atom. The lowest BCUT2D eigenvalue weighted by molar-refractivity contribution is 0.122. The van der Waals surface area contributed by atoms with Gasteiger partial charge in [0.05, 0.1) is 23.7 Å². The number of rotatable bonds is 4. The van der Waals surface area contributed by atoms with Crippen molar-refractivity contribution < 1.29 is 5.11 Å². The van der Waals surface area contributed by atoms with Gasteiger partial charge in [0.15, 0.2) is 0 Å². The second kappa shape index (κ2) is 6.82. The Balaban J connectivity index is 1.82. The van der Waals surface area contributed by atoms with Crippen LogP contribution in [0.25, 0.3) is 43.6 Å². The molecular weight excluding hydrogens is 384 g/mol. The number of fused-ring (bicyclic) bond motifs is 10. The van der Waals surface area contributed by atoms with Gasteiger partial charge in [-0.2, -0.15) is 0 Å². The molecule has 0 bridgehead atoms. The quantitative estimate of drug-likeness (QED) is 0.470. The zero-order valence-corrected chi connectivity index (χ0v) is 18.3. The molecule has 5 aromatic rings. The molecule has 0 aliphatic carbocycles. The van der Waals surface area contributed by atoms with Crippen molar-refractivity contribution in [1.29, 1.82) is 0 Å². The Morgan fingerprint density at radius 2 is 1.48 bits per heavy atom. The number of nitrogens with one attached hydrogen (secondary N) is 1. The largest absolute Gasteiger partial charge is 0.390 e. The van der Waals surface area contributed by atoms with E-state index in [4.69, 9.17) is 0 Å². The number of para-hydroxylation sites is 2. The first-order chi connectivity index (χ1) is 15.1. The molecule has 1 aliphatic rings. The van der Waals surface area contributed by atoms with E-state index in [-0.39, 0.29) is 0 Å². The highest BCUT2D eigenvalue weighted by Gasteiger charge is 2.27. The molecule has 0 radical (unpaired) electrons. The molecule has 0 spiro atoms. The van der Waals surface area contributed by atoms with E-state index >= 15 is 0 Å². The Morgan fingerprint density at radius 1 is 0.903 bits per heavy atom. The molecule has 5 nitrogen and oxygen atoms in total. The highest BCUT2D eigenvalue weighted by molar-refractivity contribution is 6.25. The minimum absolute atomic E-state index is 0.440. The van der Waals surface area contributed by atoms with Crippen LogP contribution in [-0.2, 0) is 26.7 Å². The van der Waals surface area contributed by atoms with Gasteiger partial charge in [0.1, 0.15) is 0 Å². The Hall–Kier alpha value is -2.86. The molecular formula is C26H28N4O. The van der Waals surface area contributed by atoms with E-state index in [1.807, 2.05) is 19.0 Å². The SMILES string of the molecule is CN(C)CC(O)Cn1c2ccccc2c2c3c(c4c5ccccc5n(C)c4c21)CNC3. The average molecular weight is 413 g/mol. The molecule has 2 N–H and O–H groups in total. The van der Waals surface area contributed by atoms with Crippen molar-refractivity contribution in [2.45, 2.75) is 25.7 Å². The first-order valence-corrected chi connectivity index (χ1v) is 11.0. The summed E-state index contributed by atoms with van der Waals surface area (Å²) in [7, 11) is 6.20. The van der Waals surface area contributed by atoms with E-state index in [1.165, 1.54) is 54.7 Å². The molecule has 2 aromatic heterocycles. The van der Waals surface area contributed by atoms with E-state index in [1.54, 1.807) is 0 Å². The number of aryl methyl sites for hydroxylation is 1. The molecule has 3 heterocycles. The fourth-order valence-corrected chi connectivity index (χ4v) is 5.72. The maximum absolute atomic E-state index is 10.9. The van der Waals surface area contributed by atoms with E-state index in [0.717, 1.165) is 13.1 Å². The van der Waals surface area contributed by atoms with Crippen LogP contribution in [0.3, 0.4) is 0 Å². The minimum atomic E-state index is -0.440. The van der Waals surface area contributed by atoms with Crippen LogP contribution in [0.2, 0.25) is 0 Å². The van der Waals surface area contributed by atoms with Gasteiger partial charge in [0.25, 0.3) is 0 Å². The van der Waals surface area contributed by atoms with Gasteiger partial charge in [-0.15, -0.1) is 0 Å². The van der Waals surface area contributed by atoms with Gasteiger partial charge in [-0.1, -0.05) is 36.4 Å². The molecule has 5 heteroatoms. The van der Waals surface area contributed by atoms with Crippen LogP contribution >= 0.6 is 0 Å². The lowest BCUT2D eigenvalue weighted by Crippen LogP contribution is -2.29. The van der Waals surface area contributed by atoms with E-state index in [0.29, 0.717) is 13.1 Å². The number of nitrogens with zero attached hydrogens (tertiary/aromatic N) is 3. The number of aromatic nitrogens is 2. The Kier molecular flexibility index (Phi) is 4.15. The van der Waals surface area contributed by atoms with Crippen LogP contribution in [-0.4, -0.2) is 45.9 Å². The molecule has 1 unspecified atom stereocenters. The van der Waals surface area contributed by atoms with Crippen molar-refractivity contribution in [3.63, 3.8) is 0 Å². The molecule has 1 atom stereocenters. The molecule has 0 fully saturated rings. The maximum atomic E-state index is 10.9. The van der Waals surface area contributed by atoms with Crippen LogP contribution in [0, 0.1) is 0 Å². The molecule has 0 amide bonds. The van der Waals surface area contributed by atoms with Crippen LogP contribution in [0.1, 0.15) is 11.1 Å². The molecule has 1 aliphatic heterocycles. The van der Waals surface area contributed by atoms with Gasteiger partial charge < -0.3 is 24.5 Å². The summed E-state index contributed by atoms with van der Waals surface area (Å²) in [6.45, 7) is 3.00. The number of benzene rings is 3. The summed E-state index contributed by atoms with van der Waals surface area (Å²) < 4.78 is 4.71. The van der Waals surface area contributed by atoms with Gasteiger partial charge in [-0.05, 0) is 37.4 Å². The number of hydrogen-bond acceptors (Lipinski definition) is 3. The highest BCUT2D eigenvalue weighted by atomic mass is 16.3. The topological polar surface area (TPSA) is 45.4 Å². The van der Waals surface area contributed by atoms with E-state index < -0.39 is 6.10 Å². The maximum Gasteiger partial charge on any atom is 0.0845 e. The predicted molar refractivity (Wildman–Crippen MR) is 129 cm³/mol. The lowest BCUT2D eigenvalue weighted by atomic mass is 9.97. The van der Waals surface area contributed by atoms with Crippen LogP contribution in [0.15, 0.2) is 48.5 Å². The summed E-state index contributed by atoms with van der Waals surface area (Å²) in [4.78, 5) is 2.05. The number of hydrogen-bond donors (Lipinski definition) is 2. The molecule has 6 rings (SSSR count). The molecule has 0 saturated carbocycles. The van der Waals surface area contributed by atoms with Crippen molar-refractivity contribution in [3.05, 3.63) is 59.7 Å². The summed E-state index contributed by atoms with van der Waals surface area (Å²) >= 11 is 0. The third-order valence-corrected chi connectivity index (χ3v) is 6.84. The third-order valence-electron chi connectivity index (χ3n) is 6.84. The summed E-state index contributed by atoms with van der Waals surface area (Å²) in [5.41, 5.74) is 7.81. The van der Waals surface area contributed by atoms with Gasteiger partial charge >= 0.3 is 0 Å². The summed E-state index contributed by atoms with van der Waals surface area (Å²) in [5, 5.41) is 19.8. The van der Waals surface area contributed by atoms with Crippen LogP contribution in [0.4, 0.5) is 0 Å². The Bertz CT molecular complexity index is 1470. The number of likely N-dealkylation sites (N-methyl/N-ethyl adjacent to an activating group) is 1. The summed E-state index contributed by atoms with van der Waals surface area (Å²) in [6, 6.07) is 17.4. The minimum Gasteiger partial charge on any atom is -0.390 e. The van der Waals surface area contributed by atoms with Crippen molar-refractivity contribution >= 4 is 43.6 Å². The summed E-state index contributed by atoms with van der Waals surface area (Å²) in [6.07, 6.45) is -0.440. The zero-order valence-electron chi connectivity index (χ0n) is 18.3. The highest BCUT2D eigenvalue weighted by Crippen LogP contribution is 2.44. The predicted octanol–water partition coefficient (Wildman–Crippen LogP) is 3.97. The molecule has 158 valence electrons. The van der Waals surface area contributed by atoms with Gasteiger partial charge in [-0.25, -0.2) is 0 Å².